The maximum Gasteiger partial charge on any atom is 0.259 e. The third kappa shape index (κ3) is 5.13. The highest BCUT2D eigenvalue weighted by Crippen LogP contribution is 2.33. The topological polar surface area (TPSA) is 97.4 Å². The number of anilines is 2. The van der Waals surface area contributed by atoms with Crippen LogP contribution in [0, 0.1) is 0 Å². The zero-order chi connectivity index (χ0) is 24.1. The first-order chi connectivity index (χ1) is 16.4. The molecule has 184 valence electrons. The molecule has 2 aliphatic rings. The minimum Gasteiger partial charge on any atom is -0.497 e. The second-order valence-electron chi connectivity index (χ2n) is 8.26. The Morgan fingerprint density at radius 1 is 0.941 bits per heavy atom. The number of nitrogens with one attached hydrogen (secondary N) is 1. The van der Waals surface area contributed by atoms with Crippen LogP contribution in [0.15, 0.2) is 41.3 Å². The Labute approximate surface area is 200 Å². The molecule has 0 spiro atoms. The van der Waals surface area contributed by atoms with Crippen molar-refractivity contribution < 1.29 is 27.4 Å². The van der Waals surface area contributed by atoms with Gasteiger partial charge in [-0.1, -0.05) is 0 Å². The third-order valence-electron chi connectivity index (χ3n) is 6.17. The number of nitrogens with zero attached hydrogens (tertiary/aromatic N) is 2. The lowest BCUT2D eigenvalue weighted by Gasteiger charge is -2.31. The first-order valence-electron chi connectivity index (χ1n) is 11.4. The molecule has 0 atom stereocenters. The van der Waals surface area contributed by atoms with Crippen molar-refractivity contribution in [2.45, 2.75) is 24.2 Å². The Kier molecular flexibility index (Phi) is 7.60. The highest BCUT2D eigenvalue weighted by molar-refractivity contribution is 7.89. The molecule has 2 aromatic rings. The molecule has 10 heteroatoms. The molecule has 1 N–H and O–H groups in total. The van der Waals surface area contributed by atoms with E-state index in [9.17, 15) is 13.2 Å². The summed E-state index contributed by atoms with van der Waals surface area (Å²) in [5.74, 6) is 0.510. The normalized spacial score (nSPS) is 17.3. The zero-order valence-corrected chi connectivity index (χ0v) is 20.4. The van der Waals surface area contributed by atoms with Crippen LogP contribution in [0.5, 0.6) is 11.5 Å². The van der Waals surface area contributed by atoms with Crippen LogP contribution < -0.4 is 19.7 Å². The van der Waals surface area contributed by atoms with Gasteiger partial charge in [-0.2, -0.15) is 4.31 Å². The van der Waals surface area contributed by atoms with Crippen molar-refractivity contribution >= 4 is 27.3 Å². The van der Waals surface area contributed by atoms with Gasteiger partial charge in [0.25, 0.3) is 5.91 Å². The van der Waals surface area contributed by atoms with Crippen LogP contribution in [-0.2, 0) is 14.8 Å². The van der Waals surface area contributed by atoms with Crippen molar-refractivity contribution in [2.75, 3.05) is 63.8 Å². The Balaban J connectivity index is 1.71. The van der Waals surface area contributed by atoms with Gasteiger partial charge in [-0.3, -0.25) is 4.79 Å². The maximum atomic E-state index is 13.3. The minimum absolute atomic E-state index is 0.142. The molecule has 2 fully saturated rings. The Bertz CT molecular complexity index is 1130. The zero-order valence-electron chi connectivity index (χ0n) is 19.6. The third-order valence-corrected chi connectivity index (χ3v) is 8.07. The van der Waals surface area contributed by atoms with E-state index in [4.69, 9.17) is 14.2 Å². The lowest BCUT2D eigenvalue weighted by atomic mass is 10.1. The van der Waals surface area contributed by atoms with Crippen molar-refractivity contribution in [2.24, 2.45) is 0 Å². The smallest absolute Gasteiger partial charge is 0.259 e. The van der Waals surface area contributed by atoms with Crippen molar-refractivity contribution in [3.8, 4) is 11.5 Å². The molecule has 9 nitrogen and oxygen atoms in total. The van der Waals surface area contributed by atoms with Crippen molar-refractivity contribution in [1.29, 1.82) is 0 Å². The fourth-order valence-electron chi connectivity index (χ4n) is 4.30. The summed E-state index contributed by atoms with van der Waals surface area (Å²) in [6.07, 6.45) is 3.25. The molecular formula is C24H31N3O6S. The predicted molar refractivity (Wildman–Crippen MR) is 130 cm³/mol. The van der Waals surface area contributed by atoms with E-state index >= 15 is 0 Å². The van der Waals surface area contributed by atoms with E-state index < -0.39 is 15.9 Å². The number of carbonyl (C=O) groups is 1. The second kappa shape index (κ2) is 10.6. The van der Waals surface area contributed by atoms with Crippen LogP contribution in [0.2, 0.25) is 0 Å². The fourth-order valence-corrected chi connectivity index (χ4v) is 5.74. The largest absolute Gasteiger partial charge is 0.497 e. The lowest BCUT2D eigenvalue weighted by Crippen LogP contribution is -2.40. The molecule has 2 heterocycles. The van der Waals surface area contributed by atoms with E-state index in [1.54, 1.807) is 36.4 Å². The molecule has 2 aromatic carbocycles. The van der Waals surface area contributed by atoms with Gasteiger partial charge >= 0.3 is 0 Å². The summed E-state index contributed by atoms with van der Waals surface area (Å²) in [5, 5.41) is 2.94. The maximum absolute atomic E-state index is 13.3. The second-order valence-corrected chi connectivity index (χ2v) is 10.2. The van der Waals surface area contributed by atoms with Gasteiger partial charge < -0.3 is 24.4 Å². The number of morpholine rings is 1. The van der Waals surface area contributed by atoms with E-state index in [1.807, 2.05) is 0 Å². The van der Waals surface area contributed by atoms with E-state index in [0.717, 1.165) is 38.0 Å². The number of amides is 1. The number of ether oxygens (including phenoxy) is 3. The summed E-state index contributed by atoms with van der Waals surface area (Å²) in [6.45, 7) is 3.04. The number of hydrogen-bond donors (Lipinski definition) is 1. The van der Waals surface area contributed by atoms with Gasteiger partial charge in [-0.25, -0.2) is 8.42 Å². The molecule has 0 saturated carbocycles. The summed E-state index contributed by atoms with van der Waals surface area (Å²) in [4.78, 5) is 15.6. The summed E-state index contributed by atoms with van der Waals surface area (Å²) in [7, 11) is -0.698. The van der Waals surface area contributed by atoms with Gasteiger partial charge in [-0.15, -0.1) is 0 Å². The molecule has 2 aliphatic heterocycles. The Hall–Kier alpha value is -2.82. The predicted octanol–water partition coefficient (Wildman–Crippen LogP) is 2.97. The number of benzene rings is 2. The number of methoxy groups -OCH3 is 2. The first-order valence-corrected chi connectivity index (χ1v) is 12.9. The van der Waals surface area contributed by atoms with Crippen molar-refractivity contribution in [3.63, 3.8) is 0 Å². The molecule has 0 aliphatic carbocycles. The van der Waals surface area contributed by atoms with Gasteiger partial charge in [0.05, 0.1) is 49.3 Å². The SMILES string of the molecule is COc1ccc(OC)c(C(=O)Nc2cc(S(=O)(=O)N3CCOCC3)ccc2N2CCCCC2)c1. The summed E-state index contributed by atoms with van der Waals surface area (Å²) >= 11 is 0. The standard InChI is InChI=1S/C24H31N3O6S/c1-31-18-6-9-23(32-2)20(16-18)24(28)25-21-17-19(34(29,30)27-12-14-33-15-13-27)7-8-22(21)26-10-4-3-5-11-26/h6-9,16-17H,3-5,10-15H2,1-2H3,(H,25,28). The Morgan fingerprint density at radius 2 is 1.68 bits per heavy atom. The highest BCUT2D eigenvalue weighted by atomic mass is 32.2. The van der Waals surface area contributed by atoms with Gasteiger partial charge in [0.15, 0.2) is 0 Å². The number of carbonyl (C=O) groups excluding carboxylic acids is 1. The fraction of sp³-hybridized carbons (Fsp3) is 0.458. The first kappa shape index (κ1) is 24.3. The summed E-state index contributed by atoms with van der Waals surface area (Å²) in [5.41, 5.74) is 1.55. The Morgan fingerprint density at radius 3 is 2.35 bits per heavy atom. The van der Waals surface area contributed by atoms with E-state index in [-0.39, 0.29) is 4.90 Å². The van der Waals surface area contributed by atoms with Crippen LogP contribution >= 0.6 is 0 Å². The van der Waals surface area contributed by atoms with Gasteiger partial charge in [0.1, 0.15) is 11.5 Å². The lowest BCUT2D eigenvalue weighted by molar-refractivity contribution is 0.0730. The van der Waals surface area contributed by atoms with Crippen LogP contribution in [0.3, 0.4) is 0 Å². The molecule has 0 aromatic heterocycles. The van der Waals surface area contributed by atoms with Crippen LogP contribution in [0.1, 0.15) is 29.6 Å². The summed E-state index contributed by atoms with van der Waals surface area (Å²) in [6, 6.07) is 9.94. The molecule has 0 bridgehead atoms. The molecule has 1 amide bonds. The van der Waals surface area contributed by atoms with Gasteiger partial charge in [0.2, 0.25) is 10.0 Å². The van der Waals surface area contributed by atoms with Gasteiger partial charge in [-0.05, 0) is 55.7 Å². The number of piperidine rings is 1. The van der Waals surface area contributed by atoms with E-state index in [2.05, 4.69) is 10.2 Å². The van der Waals surface area contributed by atoms with Crippen LogP contribution in [-0.4, -0.2) is 72.2 Å². The molecule has 4 rings (SSSR count). The molecule has 0 radical (unpaired) electrons. The van der Waals surface area contributed by atoms with E-state index in [0.29, 0.717) is 49.1 Å². The van der Waals surface area contributed by atoms with Crippen LogP contribution in [0.25, 0.3) is 0 Å². The summed E-state index contributed by atoms with van der Waals surface area (Å²) < 4.78 is 43.9. The number of rotatable bonds is 7. The molecule has 0 unspecified atom stereocenters. The molecule has 2 saturated heterocycles. The molecular weight excluding hydrogens is 458 g/mol. The number of hydrogen-bond acceptors (Lipinski definition) is 7. The monoisotopic (exact) mass is 489 g/mol. The van der Waals surface area contributed by atoms with Crippen molar-refractivity contribution in [1.82, 2.24) is 4.31 Å². The number of sulfonamides is 1. The molecule has 34 heavy (non-hydrogen) atoms. The average molecular weight is 490 g/mol. The van der Waals surface area contributed by atoms with Gasteiger partial charge in [0, 0.05) is 26.2 Å². The average Bonchev–Trinajstić information content (AvgIpc) is 2.89. The van der Waals surface area contributed by atoms with Crippen molar-refractivity contribution in [3.05, 3.63) is 42.0 Å². The van der Waals surface area contributed by atoms with E-state index in [1.165, 1.54) is 18.5 Å². The van der Waals surface area contributed by atoms with Crippen LogP contribution in [0.4, 0.5) is 11.4 Å². The highest BCUT2D eigenvalue weighted by Gasteiger charge is 2.28. The minimum atomic E-state index is -3.72. The quantitative estimate of drug-likeness (QED) is 0.639.